The predicted molar refractivity (Wildman–Crippen MR) is 198 cm³/mol. The van der Waals surface area contributed by atoms with Crippen LogP contribution in [0.1, 0.15) is 33.9 Å². The molecule has 266 valence electrons. The number of nitrogen functional groups attached to an aromatic ring is 1. The number of aryl methyl sites for hydroxylation is 1. The summed E-state index contributed by atoms with van der Waals surface area (Å²) in [6.45, 7) is 2.38. The number of carbonyl (C=O) groups excluding carboxylic acids is 2. The van der Waals surface area contributed by atoms with Crippen LogP contribution in [0, 0.1) is 12.3 Å². The number of anilines is 1. The van der Waals surface area contributed by atoms with E-state index in [1.54, 1.807) is 24.5 Å². The number of hydrogen-bond acceptors (Lipinski definition) is 7. The molecule has 0 aliphatic carbocycles. The van der Waals surface area contributed by atoms with Crippen molar-refractivity contribution in [1.29, 1.82) is 5.41 Å². The second-order valence-corrected chi connectivity index (χ2v) is 15.2. The normalized spacial score (nSPS) is 11.3. The zero-order chi connectivity index (χ0) is 37.2. The van der Waals surface area contributed by atoms with Gasteiger partial charge in [-0.1, -0.05) is 84.9 Å². The van der Waals surface area contributed by atoms with E-state index in [0.29, 0.717) is 33.3 Å². The van der Waals surface area contributed by atoms with Crippen LogP contribution in [0.4, 0.5) is 23.7 Å². The molecule has 0 aliphatic heterocycles. The van der Waals surface area contributed by atoms with Crippen molar-refractivity contribution in [3.05, 3.63) is 131 Å². The molecule has 2 amide bonds. The standard InChI is InChI=1S/C35H34N4O3S3.C2HF3O/c1-23-11-9-18-29(39-35(40)38-20-19-28(24-12-5-3-6-13-24)25-14-7-4-8-15-25)32(23)26-16-10-17-27(21-26)45(41,42)31-22-30(33(36)37)44-34(31)43-2;3-2(4,5)1-6/h3-18,21-22,28H,19-20H2,1-2H3,(H3,36,37)(H2,38,39,40);1H. The molecule has 51 heavy (non-hydrogen) atoms. The number of amidine groups is 1. The van der Waals surface area contributed by atoms with Gasteiger partial charge in [0.2, 0.25) is 16.1 Å². The Morgan fingerprint density at radius 1 is 0.941 bits per heavy atom. The van der Waals surface area contributed by atoms with Crippen LogP contribution >= 0.6 is 23.1 Å². The highest BCUT2D eigenvalue weighted by Gasteiger charge is 2.26. The quantitative estimate of drug-likeness (QED) is 0.0461. The van der Waals surface area contributed by atoms with E-state index in [1.807, 2.05) is 67.6 Å². The number of halogens is 3. The number of thiophene rings is 1. The van der Waals surface area contributed by atoms with Crippen LogP contribution in [-0.4, -0.2) is 45.5 Å². The van der Waals surface area contributed by atoms with Crippen molar-refractivity contribution in [2.45, 2.75) is 39.4 Å². The smallest absolute Gasteiger partial charge is 0.383 e. The molecule has 5 N–H and O–H groups in total. The van der Waals surface area contributed by atoms with E-state index in [-0.39, 0.29) is 27.6 Å². The summed E-state index contributed by atoms with van der Waals surface area (Å²) in [5.74, 6) is -0.0386. The number of aldehydes is 1. The van der Waals surface area contributed by atoms with Crippen LogP contribution in [0.5, 0.6) is 0 Å². The zero-order valence-electron chi connectivity index (χ0n) is 27.5. The van der Waals surface area contributed by atoms with Crippen molar-refractivity contribution >= 4 is 56.8 Å². The first-order valence-corrected chi connectivity index (χ1v) is 18.9. The van der Waals surface area contributed by atoms with Crippen molar-refractivity contribution in [3.8, 4) is 11.1 Å². The number of urea groups is 1. The Hall–Kier alpha value is -4.92. The van der Waals surface area contributed by atoms with Gasteiger partial charge in [-0.15, -0.1) is 23.1 Å². The minimum atomic E-state index is -4.64. The zero-order valence-corrected chi connectivity index (χ0v) is 30.0. The number of sulfone groups is 1. The molecule has 8 nitrogen and oxygen atoms in total. The van der Waals surface area contributed by atoms with Crippen molar-refractivity contribution in [2.75, 3.05) is 18.1 Å². The fourth-order valence-corrected chi connectivity index (χ4v) is 9.22. The van der Waals surface area contributed by atoms with E-state index >= 15 is 0 Å². The van der Waals surface area contributed by atoms with Crippen molar-refractivity contribution in [3.63, 3.8) is 0 Å². The van der Waals surface area contributed by atoms with Gasteiger partial charge < -0.3 is 16.4 Å². The van der Waals surface area contributed by atoms with Crippen LogP contribution in [-0.2, 0) is 14.6 Å². The molecule has 1 aromatic heterocycles. The van der Waals surface area contributed by atoms with E-state index < -0.39 is 22.3 Å². The highest BCUT2D eigenvalue weighted by atomic mass is 32.2. The molecule has 4 aromatic carbocycles. The van der Waals surface area contributed by atoms with E-state index in [1.165, 1.54) is 40.3 Å². The van der Waals surface area contributed by atoms with Gasteiger partial charge >= 0.3 is 12.2 Å². The first-order chi connectivity index (χ1) is 24.2. The Balaban J connectivity index is 0.000000894. The van der Waals surface area contributed by atoms with Gasteiger partial charge in [-0.05, 0) is 66.1 Å². The largest absolute Gasteiger partial charge is 0.446 e. The Morgan fingerprint density at radius 3 is 2.08 bits per heavy atom. The first kappa shape index (κ1) is 38.9. The fraction of sp³-hybridized carbons (Fsp3) is 0.162. The summed E-state index contributed by atoms with van der Waals surface area (Å²) < 4.78 is 59.3. The van der Waals surface area contributed by atoms with Gasteiger partial charge in [-0.2, -0.15) is 13.2 Å². The molecule has 0 radical (unpaired) electrons. The number of nitrogens with one attached hydrogen (secondary N) is 3. The van der Waals surface area contributed by atoms with Gasteiger partial charge in [0.15, 0.2) is 0 Å². The summed E-state index contributed by atoms with van der Waals surface area (Å²) in [4.78, 5) is 22.5. The SMILES string of the molecule is CSc1sc(C(=N)N)cc1S(=O)(=O)c1cccc(-c2c(C)cccc2NC(=O)NCCC(c2ccccc2)c2ccccc2)c1.O=CC(F)(F)F. The number of hydrogen-bond donors (Lipinski definition) is 4. The molecule has 0 bridgehead atoms. The predicted octanol–water partition coefficient (Wildman–Crippen LogP) is 8.65. The number of amides is 2. The van der Waals surface area contributed by atoms with Crippen molar-refractivity contribution in [1.82, 2.24) is 5.32 Å². The lowest BCUT2D eigenvalue weighted by molar-refractivity contribution is -0.156. The Morgan fingerprint density at radius 2 is 1.53 bits per heavy atom. The summed E-state index contributed by atoms with van der Waals surface area (Å²) >= 11 is 2.49. The maximum absolute atomic E-state index is 13.8. The number of alkyl halides is 3. The second-order valence-electron chi connectivity index (χ2n) is 11.1. The van der Waals surface area contributed by atoms with E-state index in [0.717, 1.165) is 11.1 Å². The number of nitrogens with two attached hydrogens (primary N) is 1. The first-order valence-electron chi connectivity index (χ1n) is 15.4. The second kappa shape index (κ2) is 17.3. The molecule has 0 fully saturated rings. The maximum atomic E-state index is 13.8. The monoisotopic (exact) mass is 752 g/mol. The van der Waals surface area contributed by atoms with E-state index in [9.17, 15) is 26.4 Å². The lowest BCUT2D eigenvalue weighted by Gasteiger charge is -2.19. The van der Waals surface area contributed by atoms with E-state index in [4.69, 9.17) is 15.9 Å². The average Bonchev–Trinajstić information content (AvgIpc) is 3.57. The molecule has 14 heteroatoms. The van der Waals surface area contributed by atoms with Gasteiger partial charge in [-0.3, -0.25) is 10.2 Å². The van der Waals surface area contributed by atoms with Gasteiger partial charge in [-0.25, -0.2) is 13.2 Å². The number of rotatable bonds is 11. The van der Waals surface area contributed by atoms with Gasteiger partial charge in [0.25, 0.3) is 0 Å². The molecule has 0 unspecified atom stereocenters. The molecular formula is C37H35F3N4O4S3. The summed E-state index contributed by atoms with van der Waals surface area (Å²) in [5.41, 5.74) is 10.9. The van der Waals surface area contributed by atoms with Crippen molar-refractivity contribution < 1.29 is 31.2 Å². The number of carbonyl (C=O) groups is 2. The summed E-state index contributed by atoms with van der Waals surface area (Å²) in [6.07, 6.45) is -3.19. The van der Waals surface area contributed by atoms with Crippen LogP contribution < -0.4 is 16.4 Å². The summed E-state index contributed by atoms with van der Waals surface area (Å²) in [7, 11) is -3.90. The van der Waals surface area contributed by atoms with Crippen LogP contribution in [0.3, 0.4) is 0 Å². The summed E-state index contributed by atoms with van der Waals surface area (Å²) in [5, 5.41) is 13.8. The Kier molecular flexibility index (Phi) is 13.2. The van der Waals surface area contributed by atoms with Gasteiger partial charge in [0.1, 0.15) is 5.84 Å². The number of benzene rings is 4. The average molecular weight is 753 g/mol. The Labute approximate surface area is 302 Å². The molecule has 0 aliphatic rings. The fourth-order valence-electron chi connectivity index (χ4n) is 5.31. The molecule has 1 heterocycles. The third kappa shape index (κ3) is 10.3. The van der Waals surface area contributed by atoms with Crippen LogP contribution in [0.2, 0.25) is 0 Å². The lowest BCUT2D eigenvalue weighted by atomic mass is 9.88. The number of thioether (sulfide) groups is 1. The highest BCUT2D eigenvalue weighted by Crippen LogP contribution is 2.39. The molecule has 5 aromatic rings. The Bertz CT molecular complexity index is 2050. The molecular weight excluding hydrogens is 718 g/mol. The molecule has 0 saturated heterocycles. The maximum Gasteiger partial charge on any atom is 0.446 e. The molecule has 5 rings (SSSR count). The lowest BCUT2D eigenvalue weighted by Crippen LogP contribution is -2.30. The van der Waals surface area contributed by atoms with Gasteiger partial charge in [0.05, 0.1) is 24.6 Å². The molecule has 0 saturated carbocycles. The molecule has 0 spiro atoms. The highest BCUT2D eigenvalue weighted by molar-refractivity contribution is 8.01. The summed E-state index contributed by atoms with van der Waals surface area (Å²) in [6, 6.07) is 33.9. The molecule has 0 atom stereocenters. The third-order valence-electron chi connectivity index (χ3n) is 7.62. The topological polar surface area (TPSA) is 142 Å². The van der Waals surface area contributed by atoms with Crippen LogP contribution in [0.25, 0.3) is 11.1 Å². The third-order valence-corrected chi connectivity index (χ3v) is 12.0. The van der Waals surface area contributed by atoms with E-state index in [2.05, 4.69) is 34.9 Å². The minimum Gasteiger partial charge on any atom is -0.383 e. The van der Waals surface area contributed by atoms with Crippen molar-refractivity contribution in [2.24, 2.45) is 5.73 Å². The van der Waals surface area contributed by atoms with Gasteiger partial charge in [0, 0.05) is 18.0 Å². The van der Waals surface area contributed by atoms with Crippen LogP contribution in [0.15, 0.2) is 123 Å². The minimum absolute atomic E-state index is 0.120.